The van der Waals surface area contributed by atoms with Crippen molar-refractivity contribution in [2.75, 3.05) is 6.54 Å². The average Bonchev–Trinajstić information content (AvgIpc) is 2.73. The highest BCUT2D eigenvalue weighted by Crippen LogP contribution is 2.14. The molecular formula is C22H48N6O2. The summed E-state index contributed by atoms with van der Waals surface area (Å²) in [4.78, 5) is 11.4. The quantitative estimate of drug-likeness (QED) is 0.336. The number of rotatable bonds is 1. The summed E-state index contributed by atoms with van der Waals surface area (Å²) in [5.41, 5.74) is 16.8. The molecule has 7 N–H and O–H groups in total. The molecule has 0 aromatic rings. The van der Waals surface area contributed by atoms with Crippen molar-refractivity contribution >= 4 is 5.97 Å². The highest BCUT2D eigenvalue weighted by atomic mass is 16.4. The van der Waals surface area contributed by atoms with Gasteiger partial charge in [0.05, 0.1) is 0 Å². The maximum atomic E-state index is 11.4. The minimum atomic E-state index is -0.834. The first-order chi connectivity index (χ1) is 14.8. The fourth-order valence-corrected chi connectivity index (χ4v) is 3.94. The number of hydrogen-bond donors (Lipinski definition) is 7. The molecule has 30 heavy (non-hydrogen) atoms. The van der Waals surface area contributed by atoms with Crippen LogP contribution in [-0.2, 0) is 4.79 Å². The zero-order valence-electron chi connectivity index (χ0n) is 19.1. The number of aliphatic carboxylic acids is 1. The van der Waals surface area contributed by atoms with Gasteiger partial charge in [0.2, 0.25) is 0 Å². The zero-order chi connectivity index (χ0) is 21.5. The van der Waals surface area contributed by atoms with Crippen molar-refractivity contribution in [2.24, 2.45) is 0 Å². The molecule has 1 atom stereocenters. The highest BCUT2D eigenvalue weighted by molar-refractivity contribution is 5.73. The standard InChI is InChI=1S/C22H48N6O2/c29-22(30)21-19-17-15-13-11-9-7-5-3-1-2-4-6-8-10-12-14-16-18-20-23-25-27-28-26-24-21/h21,23-28H,1-20H2,(H,29,30). The Labute approximate surface area is 184 Å². The highest BCUT2D eigenvalue weighted by Gasteiger charge is 2.15. The first-order valence-electron chi connectivity index (χ1n) is 12.5. The van der Waals surface area contributed by atoms with E-state index in [2.05, 4.69) is 33.0 Å². The molecule has 0 spiro atoms. The molecule has 0 aliphatic carbocycles. The van der Waals surface area contributed by atoms with Gasteiger partial charge in [-0.1, -0.05) is 109 Å². The third-order valence-electron chi connectivity index (χ3n) is 5.86. The van der Waals surface area contributed by atoms with Gasteiger partial charge in [-0.25, -0.2) is 10.9 Å². The number of hydrazine groups is 5. The Bertz CT molecular complexity index is 359. The second-order valence-corrected chi connectivity index (χ2v) is 8.61. The Balaban J connectivity index is 2.18. The van der Waals surface area contributed by atoms with E-state index in [1.165, 1.54) is 96.3 Å². The molecule has 0 saturated carbocycles. The third-order valence-corrected chi connectivity index (χ3v) is 5.86. The lowest BCUT2D eigenvalue weighted by Crippen LogP contribution is -2.61. The molecule has 1 saturated heterocycles. The molecule has 178 valence electrons. The van der Waals surface area contributed by atoms with Gasteiger partial charge < -0.3 is 5.11 Å². The van der Waals surface area contributed by atoms with Crippen LogP contribution in [0.25, 0.3) is 0 Å². The van der Waals surface area contributed by atoms with E-state index in [0.717, 1.165) is 25.8 Å². The van der Waals surface area contributed by atoms with E-state index in [0.29, 0.717) is 6.42 Å². The van der Waals surface area contributed by atoms with Crippen molar-refractivity contribution in [3.8, 4) is 0 Å². The van der Waals surface area contributed by atoms with Crippen LogP contribution in [0.15, 0.2) is 0 Å². The largest absolute Gasteiger partial charge is 0.480 e. The third kappa shape index (κ3) is 18.0. The molecule has 1 unspecified atom stereocenters. The predicted molar refractivity (Wildman–Crippen MR) is 123 cm³/mol. The van der Waals surface area contributed by atoms with Gasteiger partial charge in [0.25, 0.3) is 0 Å². The van der Waals surface area contributed by atoms with Crippen LogP contribution in [0.4, 0.5) is 0 Å². The van der Waals surface area contributed by atoms with Gasteiger partial charge in [0.1, 0.15) is 6.04 Å². The molecule has 8 nitrogen and oxygen atoms in total. The van der Waals surface area contributed by atoms with Gasteiger partial charge in [0.15, 0.2) is 0 Å². The monoisotopic (exact) mass is 428 g/mol. The van der Waals surface area contributed by atoms with Crippen molar-refractivity contribution in [2.45, 2.75) is 128 Å². The van der Waals surface area contributed by atoms with Gasteiger partial charge in [-0.05, 0) is 12.8 Å². The van der Waals surface area contributed by atoms with E-state index in [1.54, 1.807) is 0 Å². The molecule has 1 rings (SSSR count). The maximum Gasteiger partial charge on any atom is 0.322 e. The summed E-state index contributed by atoms with van der Waals surface area (Å²) in [5.74, 6) is -0.834. The van der Waals surface area contributed by atoms with E-state index >= 15 is 0 Å². The topological polar surface area (TPSA) is 109 Å². The van der Waals surface area contributed by atoms with Gasteiger partial charge in [-0.15, -0.1) is 0 Å². The Kier molecular flexibility index (Phi) is 19.5. The first-order valence-corrected chi connectivity index (χ1v) is 12.5. The number of nitrogens with one attached hydrogen (secondary N) is 6. The van der Waals surface area contributed by atoms with E-state index in [1.807, 2.05) is 0 Å². The zero-order valence-corrected chi connectivity index (χ0v) is 19.1. The van der Waals surface area contributed by atoms with Crippen molar-refractivity contribution in [3.05, 3.63) is 0 Å². The minimum absolute atomic E-state index is 0.602. The van der Waals surface area contributed by atoms with Crippen LogP contribution < -0.4 is 33.0 Å². The van der Waals surface area contributed by atoms with Crippen molar-refractivity contribution in [1.82, 2.24) is 33.0 Å². The summed E-state index contributed by atoms with van der Waals surface area (Å²) < 4.78 is 0. The Morgan fingerprint density at radius 2 is 0.933 bits per heavy atom. The molecule has 0 aromatic carbocycles. The maximum absolute atomic E-state index is 11.4. The summed E-state index contributed by atoms with van der Waals surface area (Å²) in [6.45, 7) is 0.889. The van der Waals surface area contributed by atoms with Gasteiger partial charge in [-0.2, -0.15) is 22.1 Å². The molecular weight excluding hydrogens is 380 g/mol. The molecule has 8 heteroatoms. The summed E-state index contributed by atoms with van der Waals surface area (Å²) in [7, 11) is 0. The molecule has 1 heterocycles. The Hall–Kier alpha value is -0.770. The lowest BCUT2D eigenvalue weighted by molar-refractivity contribution is -0.140. The SMILES string of the molecule is O=C(O)C1CCCCCCCCCCCCCCCCCCCCNNNNNN1. The van der Waals surface area contributed by atoms with Crippen molar-refractivity contribution in [3.63, 3.8) is 0 Å². The second-order valence-electron chi connectivity index (χ2n) is 8.61. The van der Waals surface area contributed by atoms with Crippen LogP contribution in [-0.4, -0.2) is 23.7 Å². The van der Waals surface area contributed by atoms with Crippen LogP contribution in [0.3, 0.4) is 0 Å². The van der Waals surface area contributed by atoms with Crippen LogP contribution in [0, 0.1) is 0 Å². The van der Waals surface area contributed by atoms with Crippen molar-refractivity contribution < 1.29 is 9.90 Å². The Morgan fingerprint density at radius 3 is 1.40 bits per heavy atom. The van der Waals surface area contributed by atoms with Gasteiger partial charge >= 0.3 is 5.97 Å². The number of carboxylic acids is 1. The second kappa shape index (κ2) is 21.5. The van der Waals surface area contributed by atoms with Crippen LogP contribution in [0.5, 0.6) is 0 Å². The van der Waals surface area contributed by atoms with E-state index in [4.69, 9.17) is 0 Å². The van der Waals surface area contributed by atoms with E-state index in [9.17, 15) is 9.90 Å². The molecule has 0 bridgehead atoms. The average molecular weight is 429 g/mol. The Morgan fingerprint density at radius 1 is 0.533 bits per heavy atom. The van der Waals surface area contributed by atoms with Gasteiger partial charge in [-0.3, -0.25) is 4.79 Å². The summed E-state index contributed by atoms with van der Waals surface area (Å²) in [6.07, 6.45) is 24.1. The first kappa shape index (κ1) is 27.3. The van der Waals surface area contributed by atoms with Crippen LogP contribution in [0.2, 0.25) is 0 Å². The van der Waals surface area contributed by atoms with Gasteiger partial charge in [0, 0.05) is 6.54 Å². The molecule has 0 radical (unpaired) electrons. The number of carboxylic acid groups (broad SMARTS) is 1. The van der Waals surface area contributed by atoms with E-state index < -0.39 is 12.0 Å². The molecule has 1 aliphatic rings. The van der Waals surface area contributed by atoms with Crippen LogP contribution in [0.1, 0.15) is 122 Å². The number of carbonyl (C=O) groups is 1. The predicted octanol–water partition coefficient (Wildman–Crippen LogP) is 3.98. The smallest absolute Gasteiger partial charge is 0.322 e. The fraction of sp³-hybridized carbons (Fsp3) is 0.955. The summed E-state index contributed by atoms with van der Waals surface area (Å²) in [6, 6.07) is -0.602. The molecule has 0 aromatic heterocycles. The molecule has 0 amide bonds. The lowest BCUT2D eigenvalue weighted by atomic mass is 10.0. The summed E-state index contributed by atoms with van der Waals surface area (Å²) in [5, 5.41) is 9.32. The summed E-state index contributed by atoms with van der Waals surface area (Å²) >= 11 is 0. The van der Waals surface area contributed by atoms with E-state index in [-0.39, 0.29) is 0 Å². The normalized spacial score (nSPS) is 25.1. The fourth-order valence-electron chi connectivity index (χ4n) is 3.94. The minimum Gasteiger partial charge on any atom is -0.480 e. The van der Waals surface area contributed by atoms with Crippen LogP contribution >= 0.6 is 0 Å². The number of hydrogen-bond acceptors (Lipinski definition) is 7. The molecule has 1 aliphatic heterocycles. The molecule has 1 fully saturated rings. The lowest BCUT2D eigenvalue weighted by Gasteiger charge is -2.16. The van der Waals surface area contributed by atoms with Crippen molar-refractivity contribution in [1.29, 1.82) is 0 Å².